The third-order valence-electron chi connectivity index (χ3n) is 13.2. The average Bonchev–Trinajstić information content (AvgIpc) is 3.57. The van der Waals surface area contributed by atoms with Gasteiger partial charge in [0, 0.05) is 41.4 Å². The lowest BCUT2D eigenvalue weighted by Gasteiger charge is -2.66. The van der Waals surface area contributed by atoms with Crippen LogP contribution in [0.3, 0.4) is 0 Å². The first-order valence-corrected chi connectivity index (χ1v) is 17.0. The summed E-state index contributed by atoms with van der Waals surface area (Å²) in [6.45, 7) is 7.78. The zero-order chi connectivity index (χ0) is 32.9. The second-order valence-corrected chi connectivity index (χ2v) is 15.7. The molecule has 3 N–H and O–H groups in total. The summed E-state index contributed by atoms with van der Waals surface area (Å²) in [7, 11) is 0. The number of hydrogen-bond acceptors (Lipinski definition) is 11. The highest BCUT2D eigenvalue weighted by Crippen LogP contribution is 2.80. The molecule has 6 fully saturated rings. The normalized spacial score (nSPS) is 44.2. The fourth-order valence-electron chi connectivity index (χ4n) is 11.2. The van der Waals surface area contributed by atoms with E-state index in [2.05, 4.69) is 0 Å². The summed E-state index contributed by atoms with van der Waals surface area (Å²) < 4.78 is 30.9. The van der Waals surface area contributed by atoms with E-state index < -0.39 is 63.8 Å². The third kappa shape index (κ3) is 4.04. The van der Waals surface area contributed by atoms with Crippen LogP contribution < -0.4 is 0 Å². The number of carbonyl (C=O) groups excluding carboxylic acids is 3. The minimum absolute atomic E-state index is 0.0154. The van der Waals surface area contributed by atoms with Gasteiger partial charge in [-0.2, -0.15) is 0 Å². The van der Waals surface area contributed by atoms with E-state index in [0.717, 1.165) is 32.1 Å². The maximum atomic E-state index is 14.4. The van der Waals surface area contributed by atoms with Crippen LogP contribution in [0.2, 0.25) is 0 Å². The number of epoxide rings is 1. The lowest BCUT2D eigenvalue weighted by atomic mass is 9.36. The van der Waals surface area contributed by atoms with Crippen molar-refractivity contribution in [3.05, 3.63) is 23.7 Å². The van der Waals surface area contributed by atoms with Crippen LogP contribution in [-0.2, 0) is 39.8 Å². The molecule has 2 aliphatic carbocycles. The lowest BCUT2D eigenvalue weighted by molar-refractivity contribution is -0.252. The van der Waals surface area contributed by atoms with Gasteiger partial charge in [-0.25, -0.2) is 4.79 Å². The molecule has 2 spiro atoms. The standard InChI is InChI=1S/C35H48O11/c1-31(2)26-25(39)27(40)33(4)22(34(26)18-43-24(38)16-23(34)45-31)10-12-32(3)28(44-30(41)29-35(32,33)46-29)20-11-14-42-21(20)15-19(17-37)9-7-5-6-8-13-36/h11,14,19,22-23,26-29,36-37,40H,5-10,12-13,15-18H2,1-4H3. The van der Waals surface area contributed by atoms with E-state index in [1.54, 1.807) is 6.26 Å². The number of hydrogen-bond donors (Lipinski definition) is 3. The van der Waals surface area contributed by atoms with Gasteiger partial charge in [-0.3, -0.25) is 9.59 Å². The van der Waals surface area contributed by atoms with Gasteiger partial charge in [-0.1, -0.05) is 33.1 Å². The van der Waals surface area contributed by atoms with Crippen LogP contribution >= 0.6 is 0 Å². The molecule has 2 saturated carbocycles. The highest BCUT2D eigenvalue weighted by molar-refractivity contribution is 5.92. The monoisotopic (exact) mass is 644 g/mol. The molecule has 254 valence electrons. The van der Waals surface area contributed by atoms with Gasteiger partial charge in [0.25, 0.3) is 0 Å². The smallest absolute Gasteiger partial charge is 0.339 e. The molecule has 0 aromatic carbocycles. The number of ether oxygens (including phenoxy) is 4. The number of ketones is 1. The Labute approximate surface area is 269 Å². The van der Waals surface area contributed by atoms with Crippen molar-refractivity contribution in [1.29, 1.82) is 0 Å². The molecule has 11 atom stereocenters. The quantitative estimate of drug-likeness (QED) is 0.195. The number of unbranched alkanes of at least 4 members (excludes halogenated alkanes) is 3. The van der Waals surface area contributed by atoms with Crippen LogP contribution in [0, 0.1) is 34.0 Å². The highest BCUT2D eigenvalue weighted by atomic mass is 16.7. The maximum Gasteiger partial charge on any atom is 0.339 e. The van der Waals surface area contributed by atoms with Gasteiger partial charge in [-0.15, -0.1) is 0 Å². The first-order chi connectivity index (χ1) is 21.8. The first kappa shape index (κ1) is 32.2. The molecule has 0 radical (unpaired) electrons. The van der Waals surface area contributed by atoms with E-state index in [9.17, 15) is 24.6 Å². The molecule has 11 heteroatoms. The summed E-state index contributed by atoms with van der Waals surface area (Å²) in [5, 5.41) is 31.4. The predicted octanol–water partition coefficient (Wildman–Crippen LogP) is 3.20. The summed E-state index contributed by atoms with van der Waals surface area (Å²) in [4.78, 5) is 40.6. The number of rotatable bonds is 10. The zero-order valence-electron chi connectivity index (χ0n) is 27.3. The Hall–Kier alpha value is -2.31. The van der Waals surface area contributed by atoms with E-state index in [0.29, 0.717) is 30.6 Å². The Morgan fingerprint density at radius 2 is 1.76 bits per heavy atom. The molecule has 4 saturated heterocycles. The van der Waals surface area contributed by atoms with Gasteiger partial charge in [0.05, 0.1) is 30.3 Å². The molecule has 0 bridgehead atoms. The summed E-state index contributed by atoms with van der Waals surface area (Å²) >= 11 is 0. The van der Waals surface area contributed by atoms with Crippen LogP contribution in [0.1, 0.15) is 96.5 Å². The molecule has 11 unspecified atom stereocenters. The number of aliphatic hydroxyl groups excluding tert-OH is 3. The van der Waals surface area contributed by atoms with Crippen molar-refractivity contribution in [3.63, 3.8) is 0 Å². The molecule has 1 aromatic heterocycles. The minimum Gasteiger partial charge on any atom is -0.469 e. The summed E-state index contributed by atoms with van der Waals surface area (Å²) in [6, 6.07) is 1.82. The predicted molar refractivity (Wildman–Crippen MR) is 160 cm³/mol. The lowest BCUT2D eigenvalue weighted by Crippen LogP contribution is -2.76. The van der Waals surface area contributed by atoms with Crippen molar-refractivity contribution in [2.75, 3.05) is 19.8 Å². The van der Waals surface area contributed by atoms with Gasteiger partial charge in [0.2, 0.25) is 0 Å². The first-order valence-electron chi connectivity index (χ1n) is 17.0. The number of esters is 2. The second kappa shape index (κ2) is 10.9. The Balaban J connectivity index is 1.25. The number of furan rings is 1. The third-order valence-corrected chi connectivity index (χ3v) is 13.2. The van der Waals surface area contributed by atoms with Crippen molar-refractivity contribution in [2.45, 2.75) is 121 Å². The van der Waals surface area contributed by atoms with Crippen LogP contribution in [0.15, 0.2) is 16.7 Å². The minimum atomic E-state index is -1.43. The van der Waals surface area contributed by atoms with Crippen molar-refractivity contribution in [1.82, 2.24) is 0 Å². The van der Waals surface area contributed by atoms with Gasteiger partial charge >= 0.3 is 11.9 Å². The summed E-state index contributed by atoms with van der Waals surface area (Å²) in [6.07, 6.45) is 3.89. The molecule has 1 aromatic rings. The Kier molecular flexibility index (Phi) is 7.61. The van der Waals surface area contributed by atoms with Crippen LogP contribution in [-0.4, -0.2) is 82.4 Å². The van der Waals surface area contributed by atoms with Crippen molar-refractivity contribution in [3.8, 4) is 0 Å². The number of cyclic esters (lactones) is 2. The molecular weight excluding hydrogens is 596 g/mol. The van der Waals surface area contributed by atoms with Crippen LogP contribution in [0.25, 0.3) is 0 Å². The van der Waals surface area contributed by atoms with Crippen LogP contribution in [0.5, 0.6) is 0 Å². The van der Waals surface area contributed by atoms with E-state index in [-0.39, 0.29) is 49.8 Å². The number of fused-ring (bicyclic) bond motifs is 1. The number of aliphatic hydroxyl groups is 3. The Morgan fingerprint density at radius 3 is 2.50 bits per heavy atom. The van der Waals surface area contributed by atoms with E-state index in [4.69, 9.17) is 28.5 Å². The molecule has 5 heterocycles. The van der Waals surface area contributed by atoms with Gasteiger partial charge in [-0.05, 0) is 57.4 Å². The van der Waals surface area contributed by atoms with E-state index in [1.165, 1.54) is 0 Å². The molecule has 11 nitrogen and oxygen atoms in total. The van der Waals surface area contributed by atoms with Gasteiger partial charge in [0.15, 0.2) is 11.9 Å². The van der Waals surface area contributed by atoms with Crippen molar-refractivity contribution >= 4 is 17.7 Å². The van der Waals surface area contributed by atoms with Crippen molar-refractivity contribution in [2.24, 2.45) is 34.0 Å². The average molecular weight is 645 g/mol. The summed E-state index contributed by atoms with van der Waals surface area (Å²) in [5.74, 6) is -1.70. The largest absolute Gasteiger partial charge is 0.469 e. The highest BCUT2D eigenvalue weighted by Gasteiger charge is 2.90. The van der Waals surface area contributed by atoms with E-state index in [1.807, 2.05) is 33.8 Å². The van der Waals surface area contributed by atoms with Crippen molar-refractivity contribution < 1.29 is 53.1 Å². The molecule has 46 heavy (non-hydrogen) atoms. The number of carbonyl (C=O) groups is 3. The van der Waals surface area contributed by atoms with Gasteiger partial charge in [0.1, 0.15) is 30.2 Å². The summed E-state index contributed by atoms with van der Waals surface area (Å²) in [5.41, 5.74) is -4.30. The Morgan fingerprint density at radius 1 is 1.00 bits per heavy atom. The Bertz CT molecular complexity index is 1400. The van der Waals surface area contributed by atoms with Crippen LogP contribution in [0.4, 0.5) is 0 Å². The molecule has 4 aliphatic heterocycles. The SMILES string of the molecule is CC1(C)OC2CC(=O)OCC23C1C(=O)C(O)C1(C)C3CCC2(C)C(c3ccoc3CC(CO)CCCCCCO)OC(=O)C3OC321. The maximum absolute atomic E-state index is 14.4. The molecule has 7 rings (SSSR count). The zero-order valence-corrected chi connectivity index (χ0v) is 27.3. The van der Waals surface area contributed by atoms with E-state index >= 15 is 0 Å². The topological polar surface area (TPSA) is 165 Å². The second-order valence-electron chi connectivity index (χ2n) is 15.7. The fourth-order valence-corrected chi connectivity index (χ4v) is 11.2. The van der Waals surface area contributed by atoms with Gasteiger partial charge < -0.3 is 38.7 Å². The molecule has 6 aliphatic rings. The molecule has 0 amide bonds. The fraction of sp³-hybridized carbons (Fsp3) is 0.800. The number of Topliss-reactive ketones (excluding diaryl/α,β-unsaturated/α-hetero) is 1. The molecular formula is C35H48O11.